The molecule has 0 heterocycles. The molecule has 0 aliphatic carbocycles. The summed E-state index contributed by atoms with van der Waals surface area (Å²) in [6.07, 6.45) is -4.58. The average Bonchev–Trinajstić information content (AvgIpc) is 2.91. The predicted molar refractivity (Wildman–Crippen MR) is 134 cm³/mol. The number of hydrogen-bond donors (Lipinski definition) is 0. The number of alkyl halides is 3. The van der Waals surface area contributed by atoms with Gasteiger partial charge in [0, 0.05) is 0 Å². The largest absolute Gasteiger partial charge is 0.573 e. The molecule has 8 heteroatoms. The fraction of sp³-hybridized carbons (Fsp3) is 0.133. The van der Waals surface area contributed by atoms with E-state index in [1.807, 2.05) is 0 Å². The van der Waals surface area contributed by atoms with Crippen LogP contribution in [-0.4, -0.2) is 25.2 Å². The zero-order chi connectivity index (χ0) is 27.3. The number of carbonyl (C=O) groups excluding carboxylic acids is 2. The quantitative estimate of drug-likeness (QED) is 0.138. The normalized spacial score (nSPS) is 12.0. The molecule has 0 spiro atoms. The molecule has 4 rings (SSSR count). The highest BCUT2D eigenvalue weighted by Gasteiger charge is 2.31. The van der Waals surface area contributed by atoms with Gasteiger partial charge >= 0.3 is 12.3 Å². The molecule has 38 heavy (non-hydrogen) atoms. The van der Waals surface area contributed by atoms with E-state index < -0.39 is 29.9 Å². The van der Waals surface area contributed by atoms with Gasteiger partial charge in [0.2, 0.25) is 0 Å². The molecule has 0 fully saturated rings. The highest BCUT2D eigenvalue weighted by molar-refractivity contribution is 6.01. The lowest BCUT2D eigenvalue weighted by atomic mass is 9.84. The number of ketones is 1. The van der Waals surface area contributed by atoms with E-state index in [0.29, 0.717) is 22.3 Å². The lowest BCUT2D eigenvalue weighted by molar-refractivity contribution is -0.274. The van der Waals surface area contributed by atoms with Crippen molar-refractivity contribution in [3.05, 3.63) is 125 Å². The summed E-state index contributed by atoms with van der Waals surface area (Å²) < 4.78 is 60.7. The van der Waals surface area contributed by atoms with E-state index in [9.17, 15) is 27.2 Å². The third-order valence-corrected chi connectivity index (χ3v) is 5.98. The first-order valence-electron chi connectivity index (χ1n) is 11.6. The average molecular weight is 522 g/mol. The van der Waals surface area contributed by atoms with Crippen LogP contribution in [0, 0.1) is 5.82 Å². The Bertz CT molecular complexity index is 1430. The number of hydrogen-bond acceptors (Lipinski definition) is 4. The van der Waals surface area contributed by atoms with Crippen molar-refractivity contribution in [1.29, 1.82) is 0 Å². The number of carbonyl (C=O) groups is 2. The molecule has 0 aliphatic rings. The van der Waals surface area contributed by atoms with E-state index in [-0.39, 0.29) is 17.7 Å². The van der Waals surface area contributed by atoms with Gasteiger partial charge in [0.1, 0.15) is 11.6 Å². The van der Waals surface area contributed by atoms with Gasteiger partial charge in [0.25, 0.3) is 0 Å². The van der Waals surface area contributed by atoms with Gasteiger partial charge < -0.3 is 9.47 Å². The van der Waals surface area contributed by atoms with Crippen LogP contribution in [0.1, 0.15) is 37.8 Å². The molecule has 4 aromatic carbocycles. The second-order valence-electron chi connectivity index (χ2n) is 8.49. The topological polar surface area (TPSA) is 52.6 Å². The second kappa shape index (κ2) is 11.3. The van der Waals surface area contributed by atoms with Gasteiger partial charge in [0.15, 0.2) is 5.78 Å². The first-order chi connectivity index (χ1) is 18.1. The van der Waals surface area contributed by atoms with E-state index in [0.717, 1.165) is 5.56 Å². The molecule has 0 amide bonds. The Kier molecular flexibility index (Phi) is 7.90. The van der Waals surface area contributed by atoms with Crippen LogP contribution >= 0.6 is 0 Å². The van der Waals surface area contributed by atoms with Gasteiger partial charge in [-0.1, -0.05) is 60.7 Å². The van der Waals surface area contributed by atoms with Crippen molar-refractivity contribution in [2.75, 3.05) is 7.11 Å². The third-order valence-electron chi connectivity index (χ3n) is 5.98. The standard InChI is InChI=1S/C30H22F4O4/c1-37-29(36)21-11-9-19(10-12-21)17-26(28(35)25-7-2-3-8-27(25)31)23-6-4-5-22(18-23)20-13-15-24(16-14-20)38-30(32,33)34/h2-16,18,26H,17H2,1H3. The van der Waals surface area contributed by atoms with Crippen molar-refractivity contribution >= 4 is 11.8 Å². The first-order valence-corrected chi connectivity index (χ1v) is 11.6. The monoisotopic (exact) mass is 522 g/mol. The predicted octanol–water partition coefficient (Wildman–Crippen LogP) is 7.39. The first kappa shape index (κ1) is 26.6. The summed E-state index contributed by atoms with van der Waals surface area (Å²) in [5.74, 6) is -2.68. The van der Waals surface area contributed by atoms with Crippen LogP contribution in [0.3, 0.4) is 0 Å². The summed E-state index contributed by atoms with van der Waals surface area (Å²) in [6, 6.07) is 24.7. The summed E-state index contributed by atoms with van der Waals surface area (Å²) >= 11 is 0. The minimum absolute atomic E-state index is 0.0530. The van der Waals surface area contributed by atoms with Gasteiger partial charge in [-0.2, -0.15) is 0 Å². The van der Waals surface area contributed by atoms with Crippen LogP contribution in [-0.2, 0) is 11.2 Å². The SMILES string of the molecule is COC(=O)c1ccc(CC(C(=O)c2ccccc2F)c2cccc(-c3ccc(OC(F)(F)F)cc3)c2)cc1. The number of rotatable bonds is 8. The molecule has 4 nitrogen and oxygen atoms in total. The van der Waals surface area contributed by atoms with Gasteiger partial charge in [-0.05, 0) is 65.1 Å². The molecule has 0 saturated heterocycles. The van der Waals surface area contributed by atoms with E-state index in [4.69, 9.17) is 4.74 Å². The molecular weight excluding hydrogens is 500 g/mol. The van der Waals surface area contributed by atoms with Crippen LogP contribution in [0.2, 0.25) is 0 Å². The molecule has 0 bridgehead atoms. The van der Waals surface area contributed by atoms with Gasteiger partial charge in [-0.25, -0.2) is 9.18 Å². The van der Waals surface area contributed by atoms with Crippen LogP contribution in [0.5, 0.6) is 5.75 Å². The summed E-state index contributed by atoms with van der Waals surface area (Å²) in [4.78, 5) is 25.4. The lowest BCUT2D eigenvalue weighted by Crippen LogP contribution is -2.17. The maximum Gasteiger partial charge on any atom is 0.573 e. The molecule has 4 aromatic rings. The summed E-state index contributed by atoms with van der Waals surface area (Å²) in [6.45, 7) is 0. The molecule has 1 unspecified atom stereocenters. The Morgan fingerprint density at radius 2 is 1.50 bits per heavy atom. The van der Waals surface area contributed by atoms with E-state index >= 15 is 0 Å². The molecule has 194 valence electrons. The number of halogens is 4. The Morgan fingerprint density at radius 3 is 2.13 bits per heavy atom. The molecule has 0 N–H and O–H groups in total. The summed E-state index contributed by atoms with van der Waals surface area (Å²) in [5, 5.41) is 0. The zero-order valence-corrected chi connectivity index (χ0v) is 20.2. The summed E-state index contributed by atoms with van der Waals surface area (Å²) in [5.41, 5.74) is 2.92. The fourth-order valence-electron chi connectivity index (χ4n) is 4.13. The van der Waals surface area contributed by atoms with Gasteiger partial charge in [-0.15, -0.1) is 13.2 Å². The zero-order valence-electron chi connectivity index (χ0n) is 20.2. The van der Waals surface area contributed by atoms with Crippen molar-refractivity contribution in [3.63, 3.8) is 0 Å². The Labute approximate surface area is 216 Å². The number of benzene rings is 4. The fourth-order valence-corrected chi connectivity index (χ4v) is 4.13. The highest BCUT2D eigenvalue weighted by Crippen LogP contribution is 2.31. The highest BCUT2D eigenvalue weighted by atomic mass is 19.4. The van der Waals surface area contributed by atoms with Crippen LogP contribution in [0.25, 0.3) is 11.1 Å². The lowest BCUT2D eigenvalue weighted by Gasteiger charge is -2.18. The van der Waals surface area contributed by atoms with Crippen LogP contribution in [0.15, 0.2) is 97.1 Å². The molecule has 0 aromatic heterocycles. The van der Waals surface area contributed by atoms with Crippen molar-refractivity contribution in [1.82, 2.24) is 0 Å². The van der Waals surface area contributed by atoms with E-state index in [1.54, 1.807) is 54.6 Å². The molecule has 1 atom stereocenters. The van der Waals surface area contributed by atoms with E-state index in [1.165, 1.54) is 49.6 Å². The number of ether oxygens (including phenoxy) is 2. The molecule has 0 radical (unpaired) electrons. The van der Waals surface area contributed by atoms with Crippen molar-refractivity contribution in [2.45, 2.75) is 18.7 Å². The second-order valence-corrected chi connectivity index (χ2v) is 8.49. The van der Waals surface area contributed by atoms with Gasteiger partial charge in [-0.3, -0.25) is 4.79 Å². The van der Waals surface area contributed by atoms with Crippen LogP contribution in [0.4, 0.5) is 17.6 Å². The number of Topliss-reactive ketones (excluding diaryl/α,β-unsaturated/α-hetero) is 1. The molecule has 0 aliphatic heterocycles. The van der Waals surface area contributed by atoms with E-state index in [2.05, 4.69) is 4.74 Å². The van der Waals surface area contributed by atoms with Crippen LogP contribution < -0.4 is 4.74 Å². The molecular formula is C30H22F4O4. The smallest absolute Gasteiger partial charge is 0.465 e. The minimum atomic E-state index is -4.79. The Balaban J connectivity index is 1.69. The van der Waals surface area contributed by atoms with Gasteiger partial charge in [0.05, 0.1) is 24.2 Å². The summed E-state index contributed by atoms with van der Waals surface area (Å²) in [7, 11) is 1.28. The number of esters is 1. The minimum Gasteiger partial charge on any atom is -0.465 e. The van der Waals surface area contributed by atoms with Crippen molar-refractivity contribution < 1.29 is 36.6 Å². The third kappa shape index (κ3) is 6.45. The maximum absolute atomic E-state index is 14.6. The Hall–Kier alpha value is -4.46. The Morgan fingerprint density at radius 1 is 0.816 bits per heavy atom. The number of methoxy groups -OCH3 is 1. The molecule has 0 saturated carbocycles. The van der Waals surface area contributed by atoms with Crippen molar-refractivity contribution in [2.24, 2.45) is 0 Å². The maximum atomic E-state index is 14.6. The van der Waals surface area contributed by atoms with Crippen molar-refractivity contribution in [3.8, 4) is 16.9 Å².